The number of cyclic esters (lactones) is 1. The average Bonchev–Trinajstić information content (AvgIpc) is 3.00. The molecule has 6 nitrogen and oxygen atoms in total. The number of rotatable bonds is 6. The Hall–Kier alpha value is -1.73. The number of carbonyl (C=O) groups is 1. The average molecular weight is 408 g/mol. The maximum absolute atomic E-state index is 12.4. The smallest absolute Gasteiger partial charge is 0.414 e. The minimum atomic E-state index is -1.81. The normalized spacial score (nSPS) is 20.9. The first-order chi connectivity index (χ1) is 13.1. The van der Waals surface area contributed by atoms with Crippen LogP contribution in [0.25, 0.3) is 0 Å². The molecular weight excluding hydrogens is 374 g/mol. The van der Waals surface area contributed by atoms with Crippen LogP contribution < -0.4 is 14.4 Å². The lowest BCUT2D eigenvalue weighted by molar-refractivity contribution is 0.123. The first-order valence-electron chi connectivity index (χ1n) is 10.1. The maximum atomic E-state index is 12.4. The fraction of sp³-hybridized carbons (Fsp3) is 0.667. The largest absolute Gasteiger partial charge is 0.486 e. The summed E-state index contributed by atoms with van der Waals surface area (Å²) in [6.45, 7) is 15.8. The Labute approximate surface area is 169 Å². The molecule has 0 aromatic heterocycles. The molecule has 0 bridgehead atoms. The van der Waals surface area contributed by atoms with E-state index in [1.165, 1.54) is 0 Å². The Morgan fingerprint density at radius 1 is 1.21 bits per heavy atom. The standard InChI is InChI=1S/C21H33NO5Si/c1-15(21(2,3)4)28(5,6)26-10-9-17-14-22(20(23)27-17)16-7-8-18-19(13-16)25-12-11-24-18/h7-8,13,15,17H,9-12,14H2,1-6H3/t15?,17-/m1/s1. The van der Waals surface area contributed by atoms with E-state index in [4.69, 9.17) is 18.6 Å². The van der Waals surface area contributed by atoms with Crippen LogP contribution in [0.2, 0.25) is 18.6 Å². The Morgan fingerprint density at radius 2 is 1.89 bits per heavy atom. The quantitative estimate of drug-likeness (QED) is 0.632. The van der Waals surface area contributed by atoms with Crippen molar-refractivity contribution >= 4 is 20.1 Å². The van der Waals surface area contributed by atoms with E-state index in [-0.39, 0.29) is 17.6 Å². The molecule has 2 aliphatic rings. The molecule has 0 N–H and O–H groups in total. The molecule has 156 valence electrons. The summed E-state index contributed by atoms with van der Waals surface area (Å²) in [6.07, 6.45) is 0.233. The van der Waals surface area contributed by atoms with Crippen molar-refractivity contribution < 1.29 is 23.4 Å². The zero-order valence-corrected chi connectivity index (χ0v) is 18.9. The third-order valence-electron chi connectivity index (χ3n) is 5.97. The fourth-order valence-corrected chi connectivity index (χ4v) is 6.68. The summed E-state index contributed by atoms with van der Waals surface area (Å²) in [7, 11) is -1.81. The van der Waals surface area contributed by atoms with Gasteiger partial charge < -0.3 is 18.6 Å². The zero-order chi connectivity index (χ0) is 20.5. The molecule has 2 aliphatic heterocycles. The molecule has 3 rings (SSSR count). The molecule has 1 unspecified atom stereocenters. The van der Waals surface area contributed by atoms with Crippen LogP contribution in [0.3, 0.4) is 0 Å². The number of hydrogen-bond acceptors (Lipinski definition) is 5. The minimum absolute atomic E-state index is 0.157. The van der Waals surface area contributed by atoms with Crippen LogP contribution in [-0.2, 0) is 9.16 Å². The van der Waals surface area contributed by atoms with E-state index in [9.17, 15) is 4.79 Å². The first kappa shape index (κ1) is 21.0. The SMILES string of the molecule is CC(C(C)(C)C)[Si](C)(C)OCC[C@@H]1CN(c2ccc3c(c2)OCCO3)C(=O)O1. The third-order valence-corrected chi connectivity index (χ3v) is 9.87. The van der Waals surface area contributed by atoms with E-state index >= 15 is 0 Å². The molecule has 7 heteroatoms. The lowest BCUT2D eigenvalue weighted by atomic mass is 9.93. The summed E-state index contributed by atoms with van der Waals surface area (Å²) < 4.78 is 23.1. The highest BCUT2D eigenvalue weighted by molar-refractivity contribution is 6.72. The van der Waals surface area contributed by atoms with E-state index in [1.54, 1.807) is 4.90 Å². The Balaban J connectivity index is 1.55. The van der Waals surface area contributed by atoms with Crippen LogP contribution in [0.1, 0.15) is 34.1 Å². The highest BCUT2D eigenvalue weighted by Crippen LogP contribution is 2.39. The van der Waals surface area contributed by atoms with E-state index in [1.807, 2.05) is 18.2 Å². The van der Waals surface area contributed by atoms with Gasteiger partial charge in [-0.1, -0.05) is 27.7 Å². The topological polar surface area (TPSA) is 57.2 Å². The summed E-state index contributed by atoms with van der Waals surface area (Å²) in [4.78, 5) is 14.0. The number of hydrogen-bond donors (Lipinski definition) is 0. The lowest BCUT2D eigenvalue weighted by Gasteiger charge is -2.38. The van der Waals surface area contributed by atoms with Crippen molar-refractivity contribution in [3.8, 4) is 11.5 Å². The van der Waals surface area contributed by atoms with Crippen LogP contribution in [0.15, 0.2) is 18.2 Å². The Bertz CT molecular complexity index is 715. The summed E-state index contributed by atoms with van der Waals surface area (Å²) in [5.74, 6) is 1.39. The number of carbonyl (C=O) groups excluding carboxylic acids is 1. The maximum Gasteiger partial charge on any atom is 0.414 e. The summed E-state index contributed by atoms with van der Waals surface area (Å²) in [5, 5.41) is 0. The molecular formula is C21H33NO5Si. The van der Waals surface area contributed by atoms with Crippen LogP contribution in [0.4, 0.5) is 10.5 Å². The Morgan fingerprint density at radius 3 is 2.57 bits per heavy atom. The summed E-state index contributed by atoms with van der Waals surface area (Å²) in [6, 6.07) is 5.56. The van der Waals surface area contributed by atoms with E-state index < -0.39 is 8.32 Å². The highest BCUT2D eigenvalue weighted by Gasteiger charge is 2.39. The van der Waals surface area contributed by atoms with Crippen LogP contribution in [0, 0.1) is 5.41 Å². The van der Waals surface area contributed by atoms with Gasteiger partial charge in [0.2, 0.25) is 0 Å². The lowest BCUT2D eigenvalue weighted by Crippen LogP contribution is -2.41. The predicted octanol–water partition coefficient (Wildman–Crippen LogP) is 4.83. The van der Waals surface area contributed by atoms with Gasteiger partial charge in [-0.05, 0) is 36.2 Å². The molecule has 2 atom stereocenters. The van der Waals surface area contributed by atoms with Crippen LogP contribution >= 0.6 is 0 Å². The van der Waals surface area contributed by atoms with Gasteiger partial charge in [-0.3, -0.25) is 4.90 Å². The van der Waals surface area contributed by atoms with Gasteiger partial charge >= 0.3 is 6.09 Å². The Kier molecular flexibility index (Phi) is 5.96. The van der Waals surface area contributed by atoms with Gasteiger partial charge in [0, 0.05) is 19.1 Å². The third kappa shape index (κ3) is 4.63. The molecule has 0 radical (unpaired) electrons. The van der Waals surface area contributed by atoms with Crippen molar-refractivity contribution in [2.24, 2.45) is 5.41 Å². The van der Waals surface area contributed by atoms with Gasteiger partial charge in [-0.25, -0.2) is 4.79 Å². The summed E-state index contributed by atoms with van der Waals surface area (Å²) >= 11 is 0. The van der Waals surface area contributed by atoms with Crippen molar-refractivity contribution in [2.45, 2.75) is 58.9 Å². The van der Waals surface area contributed by atoms with Crippen molar-refractivity contribution in [3.05, 3.63) is 18.2 Å². The number of ether oxygens (including phenoxy) is 3. The highest BCUT2D eigenvalue weighted by atomic mass is 28.4. The molecule has 1 fully saturated rings. The van der Waals surface area contributed by atoms with Gasteiger partial charge in [-0.15, -0.1) is 0 Å². The van der Waals surface area contributed by atoms with Crippen LogP contribution in [-0.4, -0.2) is 46.9 Å². The van der Waals surface area contributed by atoms with E-state index in [2.05, 4.69) is 40.8 Å². The molecule has 0 spiro atoms. The van der Waals surface area contributed by atoms with Gasteiger partial charge in [0.1, 0.15) is 19.3 Å². The van der Waals surface area contributed by atoms with Gasteiger partial charge in [0.05, 0.1) is 12.2 Å². The molecule has 2 heterocycles. The van der Waals surface area contributed by atoms with Crippen molar-refractivity contribution in [2.75, 3.05) is 31.3 Å². The second-order valence-electron chi connectivity index (χ2n) is 9.27. The molecule has 0 saturated carbocycles. The second kappa shape index (κ2) is 7.95. The van der Waals surface area contributed by atoms with Gasteiger partial charge in [-0.2, -0.15) is 0 Å². The molecule has 1 aromatic rings. The zero-order valence-electron chi connectivity index (χ0n) is 17.9. The van der Waals surface area contributed by atoms with E-state index in [0.29, 0.717) is 49.8 Å². The van der Waals surface area contributed by atoms with Crippen molar-refractivity contribution in [1.82, 2.24) is 0 Å². The first-order valence-corrected chi connectivity index (χ1v) is 13.1. The van der Waals surface area contributed by atoms with Crippen LogP contribution in [0.5, 0.6) is 11.5 Å². The van der Waals surface area contributed by atoms with Crippen molar-refractivity contribution in [1.29, 1.82) is 0 Å². The molecule has 1 aromatic carbocycles. The second-order valence-corrected chi connectivity index (χ2v) is 13.6. The monoisotopic (exact) mass is 407 g/mol. The predicted molar refractivity (Wildman–Crippen MR) is 112 cm³/mol. The van der Waals surface area contributed by atoms with Gasteiger partial charge in [0.25, 0.3) is 0 Å². The molecule has 0 aliphatic carbocycles. The molecule has 28 heavy (non-hydrogen) atoms. The molecule has 1 amide bonds. The summed E-state index contributed by atoms with van der Waals surface area (Å²) in [5.41, 5.74) is 1.53. The van der Waals surface area contributed by atoms with Crippen molar-refractivity contribution in [3.63, 3.8) is 0 Å². The number of nitrogens with zero attached hydrogens (tertiary/aromatic N) is 1. The van der Waals surface area contributed by atoms with E-state index in [0.717, 1.165) is 5.69 Å². The number of benzene rings is 1. The number of amides is 1. The van der Waals surface area contributed by atoms with Gasteiger partial charge in [0.15, 0.2) is 19.8 Å². The minimum Gasteiger partial charge on any atom is -0.486 e. The number of anilines is 1. The fourth-order valence-electron chi connectivity index (χ4n) is 3.70. The number of fused-ring (bicyclic) bond motifs is 1. The molecule has 1 saturated heterocycles.